The molecule has 8 heavy (non-hydrogen) atoms. The molecule has 0 aromatic carbocycles. The Morgan fingerprint density at radius 1 is 1.62 bits per heavy atom. The van der Waals surface area contributed by atoms with Gasteiger partial charge in [-0.2, -0.15) is 8.78 Å². The lowest BCUT2D eigenvalue weighted by molar-refractivity contribution is -0.147. The minimum absolute atomic E-state index is 0.661. The third-order valence-corrected chi connectivity index (χ3v) is 0.617. The summed E-state index contributed by atoms with van der Waals surface area (Å²) in [6, 6.07) is 0. The predicted molar refractivity (Wildman–Crippen MR) is 21.7 cm³/mol. The van der Waals surface area contributed by atoms with Crippen LogP contribution in [0.3, 0.4) is 0 Å². The monoisotopic (exact) mass is 122 g/mol. The van der Waals surface area contributed by atoms with E-state index < -0.39 is 18.0 Å². The molecule has 0 aliphatic carbocycles. The van der Waals surface area contributed by atoms with Gasteiger partial charge >= 0.3 is 5.92 Å². The molecule has 0 amide bonds. The Bertz CT molecular complexity index is 119. The average Bonchev–Trinajstić information content (AvgIpc) is 1.67. The molecule has 0 aromatic heterocycles. The molecule has 0 heterocycles. The molecule has 0 N–H and O–H groups in total. The third-order valence-electron chi connectivity index (χ3n) is 0.617. The summed E-state index contributed by atoms with van der Waals surface area (Å²) in [7, 11) is 0. The second-order valence-corrected chi connectivity index (χ2v) is 1.30. The highest BCUT2D eigenvalue weighted by Gasteiger charge is 2.33. The van der Waals surface area contributed by atoms with E-state index in [-0.39, 0.29) is 0 Å². The molecule has 0 aromatic rings. The lowest BCUT2D eigenvalue weighted by Gasteiger charge is -1.99. The first-order valence-electron chi connectivity index (χ1n) is 1.86. The van der Waals surface area contributed by atoms with E-state index in [1.165, 1.54) is 0 Å². The summed E-state index contributed by atoms with van der Waals surface area (Å²) in [6.07, 6.45) is -0.671. The second kappa shape index (κ2) is 1.98. The number of carbonyl (C=O) groups excluding carboxylic acids is 2. The molecule has 0 saturated heterocycles. The zero-order valence-corrected chi connectivity index (χ0v) is 4.15. The van der Waals surface area contributed by atoms with E-state index in [2.05, 4.69) is 0 Å². The Hall–Kier alpha value is -0.800. The topological polar surface area (TPSA) is 34.1 Å². The van der Waals surface area contributed by atoms with Gasteiger partial charge < -0.3 is 0 Å². The summed E-state index contributed by atoms with van der Waals surface area (Å²) in [5.74, 6) is -5.20. The highest BCUT2D eigenvalue weighted by Crippen LogP contribution is 2.09. The molecule has 0 fully saturated rings. The molecule has 4 heteroatoms. The van der Waals surface area contributed by atoms with Crippen molar-refractivity contribution in [3.8, 4) is 0 Å². The van der Waals surface area contributed by atoms with Crippen molar-refractivity contribution in [3.05, 3.63) is 0 Å². The van der Waals surface area contributed by atoms with Crippen molar-refractivity contribution in [2.24, 2.45) is 0 Å². The number of Topliss-reactive ketones (excluding diaryl/α,β-unsaturated/α-hetero) is 1. The number of hydrogen-bond acceptors (Lipinski definition) is 2. The summed E-state index contributed by atoms with van der Waals surface area (Å²) in [5, 5.41) is 0. The third kappa shape index (κ3) is 1.36. The van der Waals surface area contributed by atoms with Gasteiger partial charge in [0.05, 0.1) is 0 Å². The van der Waals surface area contributed by atoms with Gasteiger partial charge in [-0.3, -0.25) is 9.59 Å². The molecule has 0 aliphatic rings. The largest absolute Gasteiger partial charge is 0.359 e. The Labute approximate surface area is 44.5 Å². The fraction of sp³-hybridized carbons (Fsp3) is 0.500. The first kappa shape index (κ1) is 7.20. The SMILES string of the molecule is CC(=O)C(F)(F)C=O. The van der Waals surface area contributed by atoms with Crippen LogP contribution in [-0.4, -0.2) is 18.0 Å². The molecule has 0 aliphatic heterocycles. The van der Waals surface area contributed by atoms with Crippen molar-refractivity contribution in [3.63, 3.8) is 0 Å². The molecule has 0 atom stereocenters. The van der Waals surface area contributed by atoms with E-state index in [0.717, 1.165) is 0 Å². The van der Waals surface area contributed by atoms with Gasteiger partial charge in [-0.25, -0.2) is 0 Å². The minimum atomic E-state index is -3.78. The number of aldehydes is 1. The number of halogens is 2. The highest BCUT2D eigenvalue weighted by molar-refractivity contribution is 5.97. The first-order chi connectivity index (χ1) is 3.50. The number of carbonyl (C=O) groups is 2. The summed E-state index contributed by atoms with van der Waals surface area (Å²) >= 11 is 0. The van der Waals surface area contributed by atoms with Crippen molar-refractivity contribution in [1.29, 1.82) is 0 Å². The Morgan fingerprint density at radius 2 is 2.00 bits per heavy atom. The summed E-state index contributed by atoms with van der Waals surface area (Å²) in [4.78, 5) is 19.0. The lowest BCUT2D eigenvalue weighted by Crippen LogP contribution is -2.27. The number of alkyl halides is 2. The number of hydrogen-bond donors (Lipinski definition) is 0. The van der Waals surface area contributed by atoms with Crippen LogP contribution in [-0.2, 0) is 9.59 Å². The average molecular weight is 122 g/mol. The van der Waals surface area contributed by atoms with Gasteiger partial charge in [0.15, 0.2) is 6.29 Å². The lowest BCUT2D eigenvalue weighted by atomic mass is 10.3. The van der Waals surface area contributed by atoms with E-state index >= 15 is 0 Å². The maximum atomic E-state index is 11.6. The Morgan fingerprint density at radius 3 is 2.00 bits per heavy atom. The van der Waals surface area contributed by atoms with Crippen molar-refractivity contribution in [2.75, 3.05) is 0 Å². The Balaban J connectivity index is 4.12. The normalized spacial score (nSPS) is 10.9. The maximum absolute atomic E-state index is 11.6. The maximum Gasteiger partial charge on any atom is 0.359 e. The molecule has 0 bridgehead atoms. The molecule has 0 unspecified atom stereocenters. The van der Waals surface area contributed by atoms with E-state index in [9.17, 15) is 18.4 Å². The van der Waals surface area contributed by atoms with Gasteiger partial charge in [0.25, 0.3) is 0 Å². The standard InChI is InChI=1S/C4H4F2O2/c1-3(8)4(5,6)2-7/h2H,1H3. The zero-order chi connectivity index (χ0) is 6.78. The quantitative estimate of drug-likeness (QED) is 0.392. The molecule has 46 valence electrons. The fourth-order valence-corrected chi connectivity index (χ4v) is 0.0830. The van der Waals surface area contributed by atoms with Gasteiger partial charge in [0, 0.05) is 6.92 Å². The second-order valence-electron chi connectivity index (χ2n) is 1.30. The molecule has 2 nitrogen and oxygen atoms in total. The zero-order valence-electron chi connectivity index (χ0n) is 4.15. The number of rotatable bonds is 2. The van der Waals surface area contributed by atoms with Crippen LogP contribution in [0.1, 0.15) is 6.92 Å². The van der Waals surface area contributed by atoms with Crippen LogP contribution in [0.25, 0.3) is 0 Å². The van der Waals surface area contributed by atoms with E-state index in [1.807, 2.05) is 0 Å². The summed E-state index contributed by atoms with van der Waals surface area (Å²) in [5.41, 5.74) is 0. The van der Waals surface area contributed by atoms with Gasteiger partial charge in [-0.15, -0.1) is 0 Å². The van der Waals surface area contributed by atoms with Gasteiger partial charge in [-0.1, -0.05) is 0 Å². The van der Waals surface area contributed by atoms with Crippen molar-refractivity contribution >= 4 is 12.1 Å². The van der Waals surface area contributed by atoms with Gasteiger partial charge in [-0.05, 0) is 0 Å². The van der Waals surface area contributed by atoms with Crippen molar-refractivity contribution in [2.45, 2.75) is 12.8 Å². The van der Waals surface area contributed by atoms with Crippen molar-refractivity contribution < 1.29 is 18.4 Å². The first-order valence-corrected chi connectivity index (χ1v) is 1.86. The van der Waals surface area contributed by atoms with Crippen LogP contribution in [0.4, 0.5) is 8.78 Å². The van der Waals surface area contributed by atoms with Crippen LogP contribution >= 0.6 is 0 Å². The predicted octanol–water partition coefficient (Wildman–Crippen LogP) is 0.410. The van der Waals surface area contributed by atoms with Crippen molar-refractivity contribution in [1.82, 2.24) is 0 Å². The van der Waals surface area contributed by atoms with Crippen LogP contribution in [0.5, 0.6) is 0 Å². The van der Waals surface area contributed by atoms with E-state index in [1.54, 1.807) is 0 Å². The van der Waals surface area contributed by atoms with Crippen LogP contribution < -0.4 is 0 Å². The van der Waals surface area contributed by atoms with Crippen LogP contribution in [0.15, 0.2) is 0 Å². The smallest absolute Gasteiger partial charge is 0.296 e. The summed E-state index contributed by atoms with van der Waals surface area (Å²) < 4.78 is 23.1. The fourth-order valence-electron chi connectivity index (χ4n) is 0.0830. The molecule has 0 radical (unpaired) electrons. The summed E-state index contributed by atoms with van der Waals surface area (Å²) in [6.45, 7) is 0.661. The van der Waals surface area contributed by atoms with Crippen LogP contribution in [0.2, 0.25) is 0 Å². The minimum Gasteiger partial charge on any atom is -0.296 e. The molecule has 0 spiro atoms. The molecule has 0 saturated carbocycles. The molecular formula is C4H4F2O2. The molecule has 0 rings (SSSR count). The van der Waals surface area contributed by atoms with Gasteiger partial charge in [0.2, 0.25) is 5.78 Å². The highest BCUT2D eigenvalue weighted by atomic mass is 19.3. The van der Waals surface area contributed by atoms with E-state index in [4.69, 9.17) is 0 Å². The Kier molecular flexibility index (Phi) is 1.78. The molecular weight excluding hydrogens is 118 g/mol. The van der Waals surface area contributed by atoms with Crippen LogP contribution in [0, 0.1) is 0 Å². The van der Waals surface area contributed by atoms with E-state index in [0.29, 0.717) is 6.92 Å². The number of ketones is 1. The van der Waals surface area contributed by atoms with Gasteiger partial charge in [0.1, 0.15) is 0 Å².